The van der Waals surface area contributed by atoms with Gasteiger partial charge in [0.05, 0.1) is 16.7 Å². The first-order valence-corrected chi connectivity index (χ1v) is 7.48. The highest BCUT2D eigenvalue weighted by atomic mass is 32.1. The normalized spacial score (nSPS) is 12.9. The number of aryl methyl sites for hydroxylation is 3. The topological polar surface area (TPSA) is 24.9 Å². The average Bonchev–Trinajstić information content (AvgIpc) is 2.82. The number of thiophene rings is 1. The van der Waals surface area contributed by atoms with Crippen molar-refractivity contribution in [2.45, 2.75) is 33.7 Å². The van der Waals surface area contributed by atoms with Crippen LogP contribution in [0.2, 0.25) is 0 Å². The van der Waals surface area contributed by atoms with E-state index in [1.54, 1.807) is 11.3 Å². The maximum Gasteiger partial charge on any atom is 0.0900 e. The summed E-state index contributed by atoms with van der Waals surface area (Å²) in [5.74, 6) is 0. The van der Waals surface area contributed by atoms with Crippen LogP contribution in [0.4, 0.5) is 0 Å². The van der Waals surface area contributed by atoms with Gasteiger partial charge in [-0.1, -0.05) is 6.92 Å². The van der Waals surface area contributed by atoms with Gasteiger partial charge in [0.1, 0.15) is 0 Å². The lowest BCUT2D eigenvalue weighted by Gasteiger charge is -2.15. The summed E-state index contributed by atoms with van der Waals surface area (Å²) in [5, 5.41) is 4.71. The Balaban J connectivity index is 2.38. The molecule has 0 amide bonds. The van der Waals surface area contributed by atoms with Gasteiger partial charge in [-0.3, -0.25) is 0 Å². The molecule has 0 aliphatic carbocycles. The first-order valence-electron chi connectivity index (χ1n) is 5.85. The van der Waals surface area contributed by atoms with Crippen molar-refractivity contribution in [3.05, 3.63) is 37.5 Å². The number of hydrogen-bond acceptors (Lipinski definition) is 4. The van der Waals surface area contributed by atoms with Gasteiger partial charge in [0.2, 0.25) is 0 Å². The minimum absolute atomic E-state index is 0.310. The molecule has 2 rings (SSSR count). The molecule has 0 spiro atoms. The predicted molar refractivity (Wildman–Crippen MR) is 76.2 cm³/mol. The molecule has 0 aliphatic heterocycles. The third kappa shape index (κ3) is 2.76. The van der Waals surface area contributed by atoms with Crippen molar-refractivity contribution in [3.63, 3.8) is 0 Å². The summed E-state index contributed by atoms with van der Waals surface area (Å²) in [5.41, 5.74) is 1.16. The maximum absolute atomic E-state index is 4.53. The third-order valence-corrected chi connectivity index (χ3v) is 4.86. The van der Waals surface area contributed by atoms with E-state index in [2.05, 4.69) is 50.1 Å². The highest BCUT2D eigenvalue weighted by Gasteiger charge is 2.19. The summed E-state index contributed by atoms with van der Waals surface area (Å²) in [6.45, 7) is 9.45. The monoisotopic (exact) mass is 266 g/mol. The van der Waals surface area contributed by atoms with Crippen LogP contribution in [0.5, 0.6) is 0 Å². The van der Waals surface area contributed by atoms with Crippen molar-refractivity contribution >= 4 is 22.7 Å². The molecular weight excluding hydrogens is 248 g/mol. The number of nitrogens with one attached hydrogen (secondary N) is 1. The van der Waals surface area contributed by atoms with Crippen LogP contribution in [0.15, 0.2) is 12.1 Å². The molecule has 2 nitrogen and oxygen atoms in total. The standard InChI is InChI=1S/C13H18N2S2/c1-5-14-12(11-7-6-8(2)16-11)13-9(3)15-10(4)17-13/h6-7,12,14H,5H2,1-4H3. The number of hydrogen-bond donors (Lipinski definition) is 1. The van der Waals surface area contributed by atoms with Crippen LogP contribution < -0.4 is 5.32 Å². The second kappa shape index (κ2) is 5.29. The SMILES string of the molecule is CCNC(c1ccc(C)s1)c1sc(C)nc1C. The summed E-state index contributed by atoms with van der Waals surface area (Å²) < 4.78 is 0. The zero-order chi connectivity index (χ0) is 12.4. The Morgan fingerprint density at radius 2 is 2.00 bits per heavy atom. The zero-order valence-electron chi connectivity index (χ0n) is 10.7. The molecule has 1 N–H and O–H groups in total. The van der Waals surface area contributed by atoms with Gasteiger partial charge in [-0.25, -0.2) is 4.98 Å². The van der Waals surface area contributed by atoms with Crippen molar-refractivity contribution in [1.82, 2.24) is 10.3 Å². The fourth-order valence-corrected chi connectivity index (χ4v) is 4.01. The molecule has 0 aliphatic rings. The molecule has 0 bridgehead atoms. The molecule has 92 valence electrons. The molecule has 1 unspecified atom stereocenters. The van der Waals surface area contributed by atoms with Crippen LogP contribution in [-0.4, -0.2) is 11.5 Å². The Morgan fingerprint density at radius 3 is 2.47 bits per heavy atom. The number of nitrogens with zero attached hydrogens (tertiary/aromatic N) is 1. The largest absolute Gasteiger partial charge is 0.305 e. The molecule has 0 fully saturated rings. The molecule has 1 atom stereocenters. The van der Waals surface area contributed by atoms with Crippen LogP contribution in [0.3, 0.4) is 0 Å². The highest BCUT2D eigenvalue weighted by molar-refractivity contribution is 7.13. The first kappa shape index (κ1) is 12.7. The fourth-order valence-electron chi connectivity index (χ4n) is 1.95. The summed E-state index contributed by atoms with van der Waals surface area (Å²) in [6, 6.07) is 4.72. The third-order valence-electron chi connectivity index (χ3n) is 2.66. The zero-order valence-corrected chi connectivity index (χ0v) is 12.3. The summed E-state index contributed by atoms with van der Waals surface area (Å²) >= 11 is 3.66. The lowest BCUT2D eigenvalue weighted by molar-refractivity contribution is 0.644. The maximum atomic E-state index is 4.53. The molecule has 0 saturated carbocycles. The van der Waals surface area contributed by atoms with Crippen LogP contribution in [-0.2, 0) is 0 Å². The van der Waals surface area contributed by atoms with E-state index in [9.17, 15) is 0 Å². The number of thiazole rings is 1. The van der Waals surface area contributed by atoms with E-state index in [0.29, 0.717) is 6.04 Å². The van der Waals surface area contributed by atoms with Crippen molar-refractivity contribution in [2.75, 3.05) is 6.54 Å². The van der Waals surface area contributed by atoms with E-state index in [-0.39, 0.29) is 0 Å². The summed E-state index contributed by atoms with van der Waals surface area (Å²) in [4.78, 5) is 8.63. The second-order valence-corrected chi connectivity index (χ2v) is 6.68. The molecule has 2 heterocycles. The first-order chi connectivity index (χ1) is 8.11. The molecule has 0 radical (unpaired) electrons. The Hall–Kier alpha value is -0.710. The van der Waals surface area contributed by atoms with Crippen LogP contribution in [0.25, 0.3) is 0 Å². The second-order valence-electron chi connectivity index (χ2n) is 4.12. The van der Waals surface area contributed by atoms with Gasteiger partial charge in [-0.2, -0.15) is 0 Å². The minimum atomic E-state index is 0.310. The molecule has 2 aromatic rings. The fraction of sp³-hybridized carbons (Fsp3) is 0.462. The molecule has 2 aromatic heterocycles. The van der Waals surface area contributed by atoms with Gasteiger partial charge in [0.15, 0.2) is 0 Å². The van der Waals surface area contributed by atoms with E-state index in [0.717, 1.165) is 17.2 Å². The summed E-state index contributed by atoms with van der Waals surface area (Å²) in [7, 11) is 0. The van der Waals surface area contributed by atoms with Crippen LogP contribution in [0, 0.1) is 20.8 Å². The van der Waals surface area contributed by atoms with Crippen LogP contribution in [0.1, 0.15) is 38.3 Å². The van der Waals surface area contributed by atoms with Crippen molar-refractivity contribution < 1.29 is 0 Å². The van der Waals surface area contributed by atoms with Gasteiger partial charge >= 0.3 is 0 Å². The average molecular weight is 266 g/mol. The van der Waals surface area contributed by atoms with Gasteiger partial charge in [-0.05, 0) is 39.4 Å². The number of aromatic nitrogens is 1. The van der Waals surface area contributed by atoms with Crippen LogP contribution >= 0.6 is 22.7 Å². The Morgan fingerprint density at radius 1 is 1.24 bits per heavy atom. The Kier molecular flexibility index (Phi) is 3.97. The molecule has 17 heavy (non-hydrogen) atoms. The predicted octanol–water partition coefficient (Wildman–Crippen LogP) is 3.83. The molecule has 4 heteroatoms. The van der Waals surface area contributed by atoms with Gasteiger partial charge in [-0.15, -0.1) is 22.7 Å². The van der Waals surface area contributed by atoms with E-state index < -0.39 is 0 Å². The van der Waals surface area contributed by atoms with Crippen molar-refractivity contribution in [2.24, 2.45) is 0 Å². The lowest BCUT2D eigenvalue weighted by Crippen LogP contribution is -2.20. The summed E-state index contributed by atoms with van der Waals surface area (Å²) in [6.07, 6.45) is 0. The quantitative estimate of drug-likeness (QED) is 0.909. The Bertz CT molecular complexity index is 499. The molecule has 0 aromatic carbocycles. The lowest BCUT2D eigenvalue weighted by atomic mass is 10.1. The smallest absolute Gasteiger partial charge is 0.0900 e. The van der Waals surface area contributed by atoms with Gasteiger partial charge in [0.25, 0.3) is 0 Å². The van der Waals surface area contributed by atoms with Crippen molar-refractivity contribution in [3.8, 4) is 0 Å². The number of rotatable bonds is 4. The van der Waals surface area contributed by atoms with E-state index in [1.165, 1.54) is 14.6 Å². The van der Waals surface area contributed by atoms with Gasteiger partial charge < -0.3 is 5.32 Å². The van der Waals surface area contributed by atoms with Crippen molar-refractivity contribution in [1.29, 1.82) is 0 Å². The van der Waals surface area contributed by atoms with E-state index in [4.69, 9.17) is 0 Å². The molecule has 0 saturated heterocycles. The van der Waals surface area contributed by atoms with Gasteiger partial charge in [0, 0.05) is 14.6 Å². The highest BCUT2D eigenvalue weighted by Crippen LogP contribution is 2.33. The van der Waals surface area contributed by atoms with E-state index >= 15 is 0 Å². The van der Waals surface area contributed by atoms with E-state index in [1.807, 2.05) is 11.3 Å². The minimum Gasteiger partial charge on any atom is -0.305 e. The molecular formula is C13H18N2S2. The Labute approximate surface area is 111 Å².